The van der Waals surface area contributed by atoms with Crippen molar-refractivity contribution < 1.29 is 24.5 Å². The number of benzene rings is 5. The summed E-state index contributed by atoms with van der Waals surface area (Å²) in [6.07, 6.45) is 1.42. The lowest BCUT2D eigenvalue weighted by atomic mass is 9.91. The van der Waals surface area contributed by atoms with E-state index in [0.29, 0.717) is 38.7 Å². The Bertz CT molecular complexity index is 1940. The Morgan fingerprint density at radius 1 is 0.755 bits per heavy atom. The van der Waals surface area contributed by atoms with E-state index in [2.05, 4.69) is 29.6 Å². The minimum absolute atomic E-state index is 0.0375. The molecule has 0 unspecified atom stereocenters. The summed E-state index contributed by atoms with van der Waals surface area (Å²) in [5, 5.41) is 25.7. The van der Waals surface area contributed by atoms with Gasteiger partial charge in [0.2, 0.25) is 11.8 Å². The predicted octanol–water partition coefficient (Wildman–Crippen LogP) is 6.65. The largest absolute Gasteiger partial charge is 0.489 e. The fourth-order valence-corrected chi connectivity index (χ4v) is 8.04. The number of fused-ring (bicyclic) bond motifs is 1. The number of nitrogens with zero attached hydrogens (tertiary/aromatic N) is 1. The Kier molecular flexibility index (Phi) is 11.6. The van der Waals surface area contributed by atoms with Crippen LogP contribution in [0.25, 0.3) is 0 Å². The van der Waals surface area contributed by atoms with Gasteiger partial charge in [0.15, 0.2) is 0 Å². The van der Waals surface area contributed by atoms with Crippen LogP contribution in [0.1, 0.15) is 52.3 Å². The van der Waals surface area contributed by atoms with E-state index in [9.17, 15) is 19.8 Å². The first-order valence-corrected chi connectivity index (χ1v) is 18.8. The maximum absolute atomic E-state index is 14.1. The smallest absolute Gasteiger partial charge is 0.226 e. The topological polar surface area (TPSA) is 99.1 Å². The highest BCUT2D eigenvalue weighted by atomic mass is 16.5. The average molecular weight is 709 g/mol. The molecule has 5 aromatic rings. The van der Waals surface area contributed by atoms with Crippen molar-refractivity contribution in [3.63, 3.8) is 0 Å². The summed E-state index contributed by atoms with van der Waals surface area (Å²) in [5.41, 5.74) is 6.25. The zero-order valence-electron chi connectivity index (χ0n) is 30.0. The van der Waals surface area contributed by atoms with Gasteiger partial charge in [-0.1, -0.05) is 127 Å². The summed E-state index contributed by atoms with van der Waals surface area (Å²) in [7, 11) is 0. The molecule has 7 nitrogen and oxygen atoms in total. The predicted molar refractivity (Wildman–Crippen MR) is 206 cm³/mol. The van der Waals surface area contributed by atoms with Crippen molar-refractivity contribution >= 4 is 11.8 Å². The highest BCUT2D eigenvalue weighted by Crippen LogP contribution is 2.33. The number of hydrogen-bond acceptors (Lipinski definition) is 5. The number of nitrogens with one attached hydrogen (secondary N) is 1. The number of ether oxygens (including phenoxy) is 1. The number of carbonyl (C=O) groups is 2. The van der Waals surface area contributed by atoms with Crippen LogP contribution in [0.5, 0.6) is 5.75 Å². The minimum atomic E-state index is -0.925. The normalized spacial score (nSPS) is 20.5. The molecular formula is C46H48N2O5. The van der Waals surface area contributed by atoms with Crippen LogP contribution in [0.4, 0.5) is 0 Å². The highest BCUT2D eigenvalue weighted by molar-refractivity contribution is 5.82. The second-order valence-corrected chi connectivity index (χ2v) is 14.6. The molecule has 0 aromatic heterocycles. The number of β-amino-alcohol motifs (C(OH)–C–C–N with tert-alkyl or cyclic N) is 1. The monoisotopic (exact) mass is 708 g/mol. The summed E-state index contributed by atoms with van der Waals surface area (Å²) in [6, 6.07) is 45.2. The Balaban J connectivity index is 1.06. The lowest BCUT2D eigenvalue weighted by Crippen LogP contribution is -2.43. The van der Waals surface area contributed by atoms with Gasteiger partial charge in [-0.25, -0.2) is 0 Å². The molecule has 0 saturated carbocycles. The molecule has 1 saturated heterocycles. The van der Waals surface area contributed by atoms with Crippen molar-refractivity contribution in [3.05, 3.63) is 173 Å². The maximum Gasteiger partial charge on any atom is 0.226 e. The molecule has 1 aliphatic heterocycles. The van der Waals surface area contributed by atoms with Crippen LogP contribution >= 0.6 is 0 Å². The second-order valence-electron chi connectivity index (χ2n) is 14.6. The molecule has 6 atom stereocenters. The van der Waals surface area contributed by atoms with Gasteiger partial charge in [0.05, 0.1) is 18.2 Å². The third-order valence-corrected chi connectivity index (χ3v) is 10.8. The van der Waals surface area contributed by atoms with E-state index >= 15 is 0 Å². The number of aliphatic hydroxyl groups excluding tert-OH is 2. The van der Waals surface area contributed by atoms with Crippen LogP contribution in [0.3, 0.4) is 0 Å². The van der Waals surface area contributed by atoms with Gasteiger partial charge in [-0.3, -0.25) is 9.59 Å². The Labute approximate surface area is 312 Å². The molecule has 0 bridgehead atoms. The van der Waals surface area contributed by atoms with Crippen molar-refractivity contribution in [1.29, 1.82) is 0 Å². The zero-order valence-corrected chi connectivity index (χ0v) is 30.0. The van der Waals surface area contributed by atoms with Crippen LogP contribution in [-0.2, 0) is 41.9 Å². The average Bonchev–Trinajstić information content (AvgIpc) is 3.65. The van der Waals surface area contributed by atoms with Crippen molar-refractivity contribution in [2.75, 3.05) is 6.54 Å². The van der Waals surface area contributed by atoms with Crippen LogP contribution in [0.15, 0.2) is 140 Å². The zero-order chi connectivity index (χ0) is 36.6. The van der Waals surface area contributed by atoms with Gasteiger partial charge in [-0.2, -0.15) is 0 Å². The Morgan fingerprint density at radius 2 is 1.36 bits per heavy atom. The lowest BCUT2D eigenvalue weighted by molar-refractivity contribution is -0.133. The molecule has 7 heteroatoms. The summed E-state index contributed by atoms with van der Waals surface area (Å²) in [5.74, 6) is -0.155. The van der Waals surface area contributed by atoms with E-state index in [4.69, 9.17) is 4.74 Å². The summed E-state index contributed by atoms with van der Waals surface area (Å²) < 4.78 is 6.01. The Morgan fingerprint density at radius 3 is 2.06 bits per heavy atom. The van der Waals surface area contributed by atoms with Crippen molar-refractivity contribution in [3.8, 4) is 5.75 Å². The molecule has 0 radical (unpaired) electrons. The summed E-state index contributed by atoms with van der Waals surface area (Å²) in [4.78, 5) is 29.9. The van der Waals surface area contributed by atoms with Gasteiger partial charge >= 0.3 is 0 Å². The summed E-state index contributed by atoms with van der Waals surface area (Å²) >= 11 is 0. The SMILES string of the molecule is O=C(N[C@H]1c2ccccc2C[C@H]1O)[C@@H](Cc1ccccc1)C[C@H](O)CN1C(=O)[C@@H](Cc2ccccc2)C[C@@H]1Cc1ccc(OCc2ccccc2)cc1. The molecule has 3 N–H and O–H groups in total. The molecule has 53 heavy (non-hydrogen) atoms. The first-order valence-electron chi connectivity index (χ1n) is 18.8. The maximum atomic E-state index is 14.1. The second kappa shape index (κ2) is 17.1. The number of amides is 2. The fraction of sp³-hybridized carbons (Fsp3) is 0.304. The molecule has 2 aliphatic rings. The molecule has 272 valence electrons. The van der Waals surface area contributed by atoms with E-state index in [-0.39, 0.29) is 36.7 Å². The molecule has 1 heterocycles. The molecule has 1 fully saturated rings. The number of rotatable bonds is 15. The molecular weight excluding hydrogens is 661 g/mol. The number of carbonyl (C=O) groups excluding carboxylic acids is 2. The van der Waals surface area contributed by atoms with Gasteiger partial charge in [0.25, 0.3) is 0 Å². The standard InChI is InChI=1S/C46H48N2O5/c49-40(28-37(24-32-12-4-1-5-13-32)45(51)47-44-42-19-11-10-18-36(42)29-43(44)50)30-48-39(27-38(46(48)52)25-33-14-6-2-7-15-33)26-34-20-22-41(23-21-34)53-31-35-16-8-3-9-17-35/h1-23,37-40,43-44,49-50H,24-31H2,(H,47,51)/t37-,38-,39-,40-,43+,44-/m0/s1. The van der Waals surface area contributed by atoms with Gasteiger partial charge in [0.1, 0.15) is 12.4 Å². The van der Waals surface area contributed by atoms with Gasteiger partial charge < -0.3 is 25.2 Å². The van der Waals surface area contributed by atoms with Gasteiger partial charge in [-0.15, -0.1) is 0 Å². The minimum Gasteiger partial charge on any atom is -0.489 e. The quantitative estimate of drug-likeness (QED) is 0.113. The van der Waals surface area contributed by atoms with E-state index in [1.807, 2.05) is 120 Å². The number of likely N-dealkylation sites (tertiary alicyclic amines) is 1. The van der Waals surface area contributed by atoms with E-state index in [1.165, 1.54) is 0 Å². The van der Waals surface area contributed by atoms with Crippen molar-refractivity contribution in [2.45, 2.75) is 69.4 Å². The number of hydrogen-bond donors (Lipinski definition) is 3. The van der Waals surface area contributed by atoms with Crippen LogP contribution in [0.2, 0.25) is 0 Å². The molecule has 1 aliphatic carbocycles. The van der Waals surface area contributed by atoms with Crippen molar-refractivity contribution in [2.24, 2.45) is 11.8 Å². The highest BCUT2D eigenvalue weighted by Gasteiger charge is 2.41. The van der Waals surface area contributed by atoms with E-state index in [1.54, 1.807) is 0 Å². The van der Waals surface area contributed by atoms with Crippen molar-refractivity contribution in [1.82, 2.24) is 10.2 Å². The summed E-state index contributed by atoms with van der Waals surface area (Å²) in [6.45, 7) is 0.627. The van der Waals surface area contributed by atoms with Gasteiger partial charge in [0, 0.05) is 30.8 Å². The first kappa shape index (κ1) is 36.1. The van der Waals surface area contributed by atoms with Crippen LogP contribution in [0, 0.1) is 11.8 Å². The Hall–Kier alpha value is -5.24. The number of aliphatic hydroxyl groups is 2. The molecule has 2 amide bonds. The van der Waals surface area contributed by atoms with Crippen LogP contribution in [-0.4, -0.2) is 51.7 Å². The molecule has 7 rings (SSSR count). The van der Waals surface area contributed by atoms with E-state index < -0.39 is 24.2 Å². The fourth-order valence-electron chi connectivity index (χ4n) is 8.04. The first-order chi connectivity index (χ1) is 25.9. The van der Waals surface area contributed by atoms with Crippen LogP contribution < -0.4 is 10.1 Å². The third-order valence-electron chi connectivity index (χ3n) is 10.8. The lowest BCUT2D eigenvalue weighted by Gasteiger charge is -2.29. The van der Waals surface area contributed by atoms with E-state index in [0.717, 1.165) is 39.1 Å². The third kappa shape index (κ3) is 9.23. The van der Waals surface area contributed by atoms with Gasteiger partial charge in [-0.05, 0) is 77.6 Å². The molecule has 0 spiro atoms. The molecule has 5 aromatic carbocycles.